The average Bonchev–Trinajstić information content (AvgIpc) is 2.29. The van der Waals surface area contributed by atoms with Crippen LogP contribution in [0.1, 0.15) is 0 Å². The Morgan fingerprint density at radius 1 is 0.895 bits per heavy atom. The Labute approximate surface area is 123 Å². The molecule has 2 aromatic carbocycles. The smallest absolute Gasteiger partial charge is 0.144 e. The molecule has 0 atom stereocenters. The Kier molecular flexibility index (Phi) is 4.04. The zero-order valence-electron chi connectivity index (χ0n) is 9.28. The minimum absolute atomic E-state index is 0.0553. The molecule has 0 radical (unpaired) electrons. The molecule has 0 amide bonds. The largest absolute Gasteiger partial charge is 0.397 e. The molecule has 0 bridgehead atoms. The van der Waals surface area contributed by atoms with Gasteiger partial charge in [-0.2, -0.15) is 0 Å². The van der Waals surface area contributed by atoms with E-state index in [1.807, 2.05) is 0 Å². The highest BCUT2D eigenvalue weighted by Gasteiger charge is 2.12. The van der Waals surface area contributed by atoms with Crippen molar-refractivity contribution in [2.45, 2.75) is 0 Å². The van der Waals surface area contributed by atoms with Gasteiger partial charge in [-0.25, -0.2) is 8.78 Å². The standard InChI is InChI=1S/C12H7Cl3F2N2/c13-6-3-10(18)11(4-9(6)17)19-12-7(14)1-5(16)2-8(12)15/h1-4,19H,18H2. The summed E-state index contributed by atoms with van der Waals surface area (Å²) < 4.78 is 26.4. The fourth-order valence-electron chi connectivity index (χ4n) is 1.47. The first-order valence-electron chi connectivity index (χ1n) is 5.04. The predicted molar refractivity (Wildman–Crippen MR) is 75.5 cm³/mol. The summed E-state index contributed by atoms with van der Waals surface area (Å²) in [6.45, 7) is 0. The number of nitrogens with two attached hydrogens (primary N) is 1. The van der Waals surface area contributed by atoms with Gasteiger partial charge in [-0.05, 0) is 18.2 Å². The molecule has 0 fully saturated rings. The van der Waals surface area contributed by atoms with Gasteiger partial charge >= 0.3 is 0 Å². The van der Waals surface area contributed by atoms with Gasteiger partial charge in [0.1, 0.15) is 11.6 Å². The summed E-state index contributed by atoms with van der Waals surface area (Å²) in [7, 11) is 0. The molecule has 7 heteroatoms. The third-order valence-corrected chi connectivity index (χ3v) is 3.24. The van der Waals surface area contributed by atoms with Gasteiger partial charge in [0, 0.05) is 6.07 Å². The number of anilines is 3. The molecule has 0 saturated carbocycles. The van der Waals surface area contributed by atoms with E-state index in [1.54, 1.807) is 0 Å². The Morgan fingerprint density at radius 2 is 1.47 bits per heavy atom. The van der Waals surface area contributed by atoms with Gasteiger partial charge in [-0.1, -0.05) is 34.8 Å². The first kappa shape index (κ1) is 14.2. The highest BCUT2D eigenvalue weighted by molar-refractivity contribution is 6.39. The summed E-state index contributed by atoms with van der Waals surface area (Å²) in [6, 6.07) is 4.52. The van der Waals surface area contributed by atoms with Gasteiger partial charge in [0.05, 0.1) is 32.1 Å². The fraction of sp³-hybridized carbons (Fsp3) is 0. The topological polar surface area (TPSA) is 38.0 Å². The molecule has 0 aliphatic carbocycles. The second-order valence-corrected chi connectivity index (χ2v) is 4.94. The Morgan fingerprint density at radius 3 is 2.05 bits per heavy atom. The summed E-state index contributed by atoms with van der Waals surface area (Å²) >= 11 is 17.3. The van der Waals surface area contributed by atoms with Crippen molar-refractivity contribution in [3.8, 4) is 0 Å². The maximum Gasteiger partial charge on any atom is 0.144 e. The molecule has 2 rings (SSSR count). The number of hydrogen-bond donors (Lipinski definition) is 2. The molecule has 0 unspecified atom stereocenters. The van der Waals surface area contributed by atoms with Crippen molar-refractivity contribution >= 4 is 51.9 Å². The highest BCUT2D eigenvalue weighted by Crippen LogP contribution is 2.36. The van der Waals surface area contributed by atoms with Gasteiger partial charge in [0.15, 0.2) is 0 Å². The van der Waals surface area contributed by atoms with Gasteiger partial charge in [-0.15, -0.1) is 0 Å². The van der Waals surface area contributed by atoms with Crippen LogP contribution in [0.3, 0.4) is 0 Å². The Bertz CT molecular complexity index is 624. The summed E-state index contributed by atoms with van der Waals surface area (Å²) in [4.78, 5) is 0. The number of benzene rings is 2. The highest BCUT2D eigenvalue weighted by atomic mass is 35.5. The van der Waals surface area contributed by atoms with Crippen LogP contribution >= 0.6 is 34.8 Å². The normalized spacial score (nSPS) is 10.6. The molecule has 0 aromatic heterocycles. The summed E-state index contributed by atoms with van der Waals surface area (Å²) in [5.74, 6) is -1.22. The van der Waals surface area contributed by atoms with Crippen molar-refractivity contribution in [1.29, 1.82) is 0 Å². The van der Waals surface area contributed by atoms with Crippen LogP contribution in [-0.2, 0) is 0 Å². The van der Waals surface area contributed by atoms with Crippen molar-refractivity contribution in [3.05, 3.63) is 51.0 Å². The monoisotopic (exact) mass is 322 g/mol. The predicted octanol–water partition coefficient (Wildman–Crippen LogP) is 5.25. The molecule has 3 N–H and O–H groups in total. The molecular weight excluding hydrogens is 317 g/mol. The number of nitrogens with one attached hydrogen (secondary N) is 1. The number of halogens is 5. The minimum Gasteiger partial charge on any atom is -0.397 e. The van der Waals surface area contributed by atoms with Crippen LogP contribution in [0.5, 0.6) is 0 Å². The van der Waals surface area contributed by atoms with E-state index in [-0.39, 0.29) is 32.1 Å². The molecule has 0 aliphatic rings. The van der Waals surface area contributed by atoms with Gasteiger partial charge in [-0.3, -0.25) is 0 Å². The zero-order valence-corrected chi connectivity index (χ0v) is 11.5. The SMILES string of the molecule is Nc1cc(Cl)c(F)cc1Nc1c(Cl)cc(F)cc1Cl. The van der Waals surface area contributed by atoms with Crippen molar-refractivity contribution in [2.24, 2.45) is 0 Å². The van der Waals surface area contributed by atoms with E-state index in [1.165, 1.54) is 6.07 Å². The number of nitrogen functional groups attached to an aromatic ring is 1. The third kappa shape index (κ3) is 3.03. The molecular formula is C12H7Cl3F2N2. The van der Waals surface area contributed by atoms with E-state index in [4.69, 9.17) is 40.5 Å². The number of rotatable bonds is 2. The molecule has 19 heavy (non-hydrogen) atoms. The van der Waals surface area contributed by atoms with Gasteiger partial charge in [0.25, 0.3) is 0 Å². The molecule has 0 aliphatic heterocycles. The van der Waals surface area contributed by atoms with E-state index >= 15 is 0 Å². The van der Waals surface area contributed by atoms with Gasteiger partial charge in [0.2, 0.25) is 0 Å². The third-order valence-electron chi connectivity index (χ3n) is 2.36. The number of hydrogen-bond acceptors (Lipinski definition) is 2. The second kappa shape index (κ2) is 5.41. The van der Waals surface area contributed by atoms with Crippen LogP contribution < -0.4 is 11.1 Å². The lowest BCUT2D eigenvalue weighted by Gasteiger charge is -2.13. The zero-order chi connectivity index (χ0) is 14.2. The van der Waals surface area contributed by atoms with Crippen LogP contribution in [0, 0.1) is 11.6 Å². The van der Waals surface area contributed by atoms with Crippen LogP contribution in [0.4, 0.5) is 25.8 Å². The van der Waals surface area contributed by atoms with Gasteiger partial charge < -0.3 is 11.1 Å². The molecule has 2 aromatic rings. The summed E-state index contributed by atoms with van der Waals surface area (Å²) in [5.41, 5.74) is 6.37. The lowest BCUT2D eigenvalue weighted by Crippen LogP contribution is -1.99. The molecule has 0 heterocycles. The maximum atomic E-state index is 13.4. The van der Waals surface area contributed by atoms with Crippen LogP contribution in [-0.4, -0.2) is 0 Å². The first-order valence-corrected chi connectivity index (χ1v) is 6.18. The van der Waals surface area contributed by atoms with Crippen LogP contribution in [0.15, 0.2) is 24.3 Å². The van der Waals surface area contributed by atoms with E-state index in [9.17, 15) is 8.78 Å². The van der Waals surface area contributed by atoms with E-state index < -0.39 is 11.6 Å². The summed E-state index contributed by atoms with van der Waals surface area (Å²) in [6.07, 6.45) is 0. The van der Waals surface area contributed by atoms with Crippen molar-refractivity contribution in [3.63, 3.8) is 0 Å². The van der Waals surface area contributed by atoms with E-state index in [2.05, 4.69) is 5.32 Å². The van der Waals surface area contributed by atoms with Crippen molar-refractivity contribution in [1.82, 2.24) is 0 Å². The maximum absolute atomic E-state index is 13.4. The lowest BCUT2D eigenvalue weighted by molar-refractivity contribution is 0.627. The average molecular weight is 324 g/mol. The molecule has 100 valence electrons. The Hall–Kier alpha value is -1.23. The van der Waals surface area contributed by atoms with Crippen LogP contribution in [0.25, 0.3) is 0 Å². The van der Waals surface area contributed by atoms with Crippen LogP contribution in [0.2, 0.25) is 15.1 Å². The lowest BCUT2D eigenvalue weighted by atomic mass is 10.2. The molecule has 0 saturated heterocycles. The molecule has 2 nitrogen and oxygen atoms in total. The molecule has 0 spiro atoms. The van der Waals surface area contributed by atoms with Crippen molar-refractivity contribution < 1.29 is 8.78 Å². The first-order chi connectivity index (χ1) is 8.88. The minimum atomic E-state index is -0.646. The quantitative estimate of drug-likeness (QED) is 0.741. The Balaban J connectivity index is 2.45. The summed E-state index contributed by atoms with van der Waals surface area (Å²) in [5, 5.41) is 2.76. The van der Waals surface area contributed by atoms with Crippen molar-refractivity contribution in [2.75, 3.05) is 11.1 Å². The fourth-order valence-corrected chi connectivity index (χ4v) is 2.19. The van der Waals surface area contributed by atoms with E-state index in [0.717, 1.165) is 18.2 Å². The van der Waals surface area contributed by atoms with E-state index in [0.29, 0.717) is 0 Å². The second-order valence-electron chi connectivity index (χ2n) is 3.72.